The van der Waals surface area contributed by atoms with Gasteiger partial charge in [0.25, 0.3) is 0 Å². The summed E-state index contributed by atoms with van der Waals surface area (Å²) in [6.07, 6.45) is 2.29. The van der Waals surface area contributed by atoms with Crippen LogP contribution in [0, 0.1) is 0 Å². The molecule has 8 heteroatoms. The van der Waals surface area contributed by atoms with Crippen molar-refractivity contribution in [3.8, 4) is 0 Å². The summed E-state index contributed by atoms with van der Waals surface area (Å²) in [4.78, 5) is 0. The second-order valence-electron chi connectivity index (χ2n) is 4.08. The Labute approximate surface area is 114 Å². The normalized spacial score (nSPS) is 25.4. The highest BCUT2D eigenvalue weighted by atomic mass is 35.5. The monoisotopic (exact) mass is 314 g/mol. The molecule has 1 aliphatic rings. The number of thiophene rings is 1. The van der Waals surface area contributed by atoms with Gasteiger partial charge in [0.05, 0.1) is 5.02 Å². The zero-order valence-corrected chi connectivity index (χ0v) is 12.0. The Morgan fingerprint density at radius 3 is 2.59 bits per heavy atom. The number of hydrogen-bond acceptors (Lipinski definition) is 4. The van der Waals surface area contributed by atoms with Crippen molar-refractivity contribution >= 4 is 44.6 Å². The molecule has 0 bridgehead atoms. The van der Waals surface area contributed by atoms with E-state index in [9.17, 15) is 8.42 Å². The first-order valence-electron chi connectivity index (χ1n) is 5.11. The molecule has 1 fully saturated rings. The minimum Gasteiger partial charge on any atom is -0.328 e. The summed E-state index contributed by atoms with van der Waals surface area (Å²) < 4.78 is 27.1. The molecule has 4 nitrogen and oxygen atoms in total. The maximum atomic E-state index is 12.0. The first kappa shape index (κ1) is 13.6. The zero-order valence-electron chi connectivity index (χ0n) is 8.82. The van der Waals surface area contributed by atoms with Crippen LogP contribution >= 0.6 is 34.5 Å². The molecule has 17 heavy (non-hydrogen) atoms. The first-order valence-corrected chi connectivity index (χ1v) is 8.17. The van der Waals surface area contributed by atoms with Gasteiger partial charge in [0.15, 0.2) is 0 Å². The molecule has 0 aromatic carbocycles. The van der Waals surface area contributed by atoms with Crippen molar-refractivity contribution in [3.05, 3.63) is 15.4 Å². The number of nitrogens with two attached hydrogens (primary N) is 1. The number of hydrogen-bond donors (Lipinski definition) is 2. The molecule has 0 spiro atoms. The summed E-state index contributed by atoms with van der Waals surface area (Å²) in [7, 11) is -3.52. The molecule has 1 aliphatic carbocycles. The Balaban J connectivity index is 2.14. The molecule has 0 amide bonds. The maximum absolute atomic E-state index is 12.0. The first-order chi connectivity index (χ1) is 7.88. The van der Waals surface area contributed by atoms with Gasteiger partial charge in [-0.1, -0.05) is 23.2 Å². The Hall–Kier alpha value is 0.150. The van der Waals surface area contributed by atoms with E-state index in [0.717, 1.165) is 24.2 Å². The minimum atomic E-state index is -3.52. The van der Waals surface area contributed by atoms with Gasteiger partial charge < -0.3 is 5.73 Å². The van der Waals surface area contributed by atoms with Crippen molar-refractivity contribution < 1.29 is 8.42 Å². The van der Waals surface area contributed by atoms with Gasteiger partial charge in [0.1, 0.15) is 8.55 Å². The predicted octanol–water partition coefficient (Wildman–Crippen LogP) is 2.21. The van der Waals surface area contributed by atoms with Crippen LogP contribution in [0.25, 0.3) is 0 Å². The largest absolute Gasteiger partial charge is 0.328 e. The Morgan fingerprint density at radius 2 is 2.12 bits per heavy atom. The number of nitrogens with one attached hydrogen (secondary N) is 1. The van der Waals surface area contributed by atoms with E-state index in [-0.39, 0.29) is 25.7 Å². The van der Waals surface area contributed by atoms with E-state index in [1.165, 1.54) is 6.07 Å². The lowest BCUT2D eigenvalue weighted by Gasteiger charge is -2.11. The van der Waals surface area contributed by atoms with E-state index in [4.69, 9.17) is 28.9 Å². The van der Waals surface area contributed by atoms with Gasteiger partial charge in [-0.2, -0.15) is 0 Å². The van der Waals surface area contributed by atoms with Crippen molar-refractivity contribution in [1.29, 1.82) is 0 Å². The second-order valence-corrected chi connectivity index (χ2v) is 8.08. The third kappa shape index (κ3) is 3.13. The Kier molecular flexibility index (Phi) is 4.02. The predicted molar refractivity (Wildman–Crippen MR) is 70.3 cm³/mol. The fourth-order valence-corrected chi connectivity index (χ4v) is 5.04. The standard InChI is InChI=1S/C9H12Cl2N2O2S2/c10-7-4-8(16-9(7)11)17(14,15)13-6-2-1-5(12)3-6/h4-6,13H,1-3,12H2/t5-,6-/m1/s1. The van der Waals surface area contributed by atoms with Crippen LogP contribution in [0.15, 0.2) is 10.3 Å². The molecule has 0 aliphatic heterocycles. The van der Waals surface area contributed by atoms with Gasteiger partial charge in [0.2, 0.25) is 10.0 Å². The van der Waals surface area contributed by atoms with Crippen LogP contribution in [0.2, 0.25) is 9.36 Å². The molecule has 2 atom stereocenters. The van der Waals surface area contributed by atoms with Gasteiger partial charge in [-0.15, -0.1) is 11.3 Å². The molecule has 1 aromatic heterocycles. The zero-order chi connectivity index (χ0) is 12.6. The average molecular weight is 315 g/mol. The van der Waals surface area contributed by atoms with Crippen LogP contribution in [0.3, 0.4) is 0 Å². The third-order valence-corrected chi connectivity index (χ3v) is 6.54. The summed E-state index contributed by atoms with van der Waals surface area (Å²) in [6, 6.07) is 1.36. The van der Waals surface area contributed by atoms with E-state index in [2.05, 4.69) is 4.72 Å². The summed E-state index contributed by atoms with van der Waals surface area (Å²) in [6.45, 7) is 0. The van der Waals surface area contributed by atoms with Gasteiger partial charge in [-0.05, 0) is 25.3 Å². The van der Waals surface area contributed by atoms with Gasteiger partial charge in [0, 0.05) is 12.1 Å². The summed E-state index contributed by atoms with van der Waals surface area (Å²) in [5.74, 6) is 0. The lowest BCUT2D eigenvalue weighted by atomic mass is 10.2. The van der Waals surface area contributed by atoms with Gasteiger partial charge in [-0.3, -0.25) is 0 Å². The van der Waals surface area contributed by atoms with E-state index in [1.54, 1.807) is 0 Å². The molecule has 1 saturated carbocycles. The van der Waals surface area contributed by atoms with Crippen molar-refractivity contribution in [2.24, 2.45) is 5.73 Å². The highest BCUT2D eigenvalue weighted by Crippen LogP contribution is 2.34. The van der Waals surface area contributed by atoms with Crippen LogP contribution in [0.1, 0.15) is 19.3 Å². The van der Waals surface area contributed by atoms with Crippen LogP contribution in [-0.2, 0) is 10.0 Å². The molecular formula is C9H12Cl2N2O2S2. The molecule has 96 valence electrons. The summed E-state index contributed by atoms with van der Waals surface area (Å²) in [5.41, 5.74) is 5.74. The van der Waals surface area contributed by atoms with Gasteiger partial charge in [-0.25, -0.2) is 13.1 Å². The maximum Gasteiger partial charge on any atom is 0.250 e. The average Bonchev–Trinajstić information content (AvgIpc) is 2.75. The van der Waals surface area contributed by atoms with Crippen LogP contribution < -0.4 is 10.5 Å². The Morgan fingerprint density at radius 1 is 1.41 bits per heavy atom. The highest BCUT2D eigenvalue weighted by molar-refractivity contribution is 7.91. The molecule has 2 rings (SSSR count). The number of rotatable bonds is 3. The third-order valence-electron chi connectivity index (χ3n) is 2.68. The number of sulfonamides is 1. The molecule has 0 saturated heterocycles. The topological polar surface area (TPSA) is 72.2 Å². The minimum absolute atomic E-state index is 0.0817. The van der Waals surface area contributed by atoms with E-state index in [1.807, 2.05) is 0 Å². The molecule has 3 N–H and O–H groups in total. The van der Waals surface area contributed by atoms with Crippen molar-refractivity contribution in [2.45, 2.75) is 35.6 Å². The van der Waals surface area contributed by atoms with Crippen LogP contribution in [-0.4, -0.2) is 20.5 Å². The van der Waals surface area contributed by atoms with Gasteiger partial charge >= 0.3 is 0 Å². The van der Waals surface area contributed by atoms with Crippen molar-refractivity contribution in [2.75, 3.05) is 0 Å². The molecule has 0 radical (unpaired) electrons. The smallest absolute Gasteiger partial charge is 0.250 e. The SMILES string of the molecule is N[C@@H]1CC[C@@H](NS(=O)(=O)c2cc(Cl)c(Cl)s2)C1. The number of halogens is 2. The quantitative estimate of drug-likeness (QED) is 0.898. The molecular weight excluding hydrogens is 303 g/mol. The molecule has 0 unspecified atom stereocenters. The summed E-state index contributed by atoms with van der Waals surface area (Å²) >= 11 is 12.4. The fraction of sp³-hybridized carbons (Fsp3) is 0.556. The Bertz CT molecular complexity index is 496. The molecule has 1 heterocycles. The second kappa shape index (κ2) is 5.03. The highest BCUT2D eigenvalue weighted by Gasteiger charge is 2.28. The van der Waals surface area contributed by atoms with E-state index in [0.29, 0.717) is 6.42 Å². The van der Waals surface area contributed by atoms with Crippen molar-refractivity contribution in [3.63, 3.8) is 0 Å². The van der Waals surface area contributed by atoms with E-state index < -0.39 is 10.0 Å². The molecule has 1 aromatic rings. The lowest BCUT2D eigenvalue weighted by Crippen LogP contribution is -2.33. The van der Waals surface area contributed by atoms with Crippen molar-refractivity contribution in [1.82, 2.24) is 4.72 Å². The fourth-order valence-electron chi connectivity index (χ4n) is 1.86. The summed E-state index contributed by atoms with van der Waals surface area (Å²) in [5, 5.41) is 0.264. The van der Waals surface area contributed by atoms with Crippen LogP contribution in [0.4, 0.5) is 0 Å². The lowest BCUT2D eigenvalue weighted by molar-refractivity contribution is 0.550. The van der Waals surface area contributed by atoms with Crippen LogP contribution in [0.5, 0.6) is 0 Å². The van der Waals surface area contributed by atoms with E-state index >= 15 is 0 Å².